The molecule has 11 nitrogen and oxygen atoms in total. The van der Waals surface area contributed by atoms with Gasteiger partial charge in [-0.25, -0.2) is 0 Å². The lowest BCUT2D eigenvalue weighted by Gasteiger charge is -2.54. The third-order valence-electron chi connectivity index (χ3n) is 7.97. The van der Waals surface area contributed by atoms with Crippen LogP contribution in [-0.2, 0) is 38.0 Å². The van der Waals surface area contributed by atoms with Gasteiger partial charge in [0.2, 0.25) is 5.79 Å². The molecule has 11 heteroatoms. The maximum atomic E-state index is 13.6. The first-order chi connectivity index (χ1) is 16.9. The molecule has 3 fully saturated rings. The zero-order valence-corrected chi connectivity index (χ0v) is 22.4. The standard InChI is InChI=1S/C25H43NO10/c1-13-10-25(32-8,36-15(3)14(13)2)21(31-7)22(29)26-23-19-18(33-12-34-23)20(30-6)24(4,5)17(35-19)9-16(28)11-27/h14-21,23,27-28H,1,9-12H2,2-8H3,(H,26,29)/t14-,15-,16-,17-,18+,19+,20-,21-,23+,25-/m1/s1. The molecule has 3 aliphatic rings. The summed E-state index contributed by atoms with van der Waals surface area (Å²) in [4.78, 5) is 13.6. The van der Waals surface area contributed by atoms with Crippen molar-refractivity contribution < 1.29 is 48.2 Å². The van der Waals surface area contributed by atoms with Crippen molar-refractivity contribution in [3.63, 3.8) is 0 Å². The second-order valence-electron chi connectivity index (χ2n) is 10.6. The molecule has 0 aliphatic carbocycles. The van der Waals surface area contributed by atoms with Gasteiger partial charge in [-0.1, -0.05) is 32.9 Å². The SMILES string of the molecule is C=C1C[C@](OC)([C@H](OC)C(=O)N[C@H]2OCO[C@H]3[C@@H]2O[C@H](C[C@@H](O)CO)C(C)(C)[C@@H]3OC)O[C@H](C)[C@@H]1C. The van der Waals surface area contributed by atoms with Crippen LogP contribution in [0.5, 0.6) is 0 Å². The maximum absolute atomic E-state index is 13.6. The number of nitrogens with one attached hydrogen (secondary N) is 1. The number of carbonyl (C=O) groups is 1. The Balaban J connectivity index is 1.83. The van der Waals surface area contributed by atoms with Crippen molar-refractivity contribution in [1.29, 1.82) is 0 Å². The molecule has 3 rings (SSSR count). The molecule has 0 aromatic carbocycles. The first-order valence-electron chi connectivity index (χ1n) is 12.4. The minimum absolute atomic E-state index is 0.0791. The molecule has 3 N–H and O–H groups in total. The molecule has 208 valence electrons. The zero-order chi connectivity index (χ0) is 26.8. The fourth-order valence-corrected chi connectivity index (χ4v) is 5.53. The summed E-state index contributed by atoms with van der Waals surface area (Å²) in [6.45, 7) is 11.5. The molecule has 0 saturated carbocycles. The van der Waals surface area contributed by atoms with E-state index in [0.29, 0.717) is 6.42 Å². The van der Waals surface area contributed by atoms with Crippen molar-refractivity contribution in [1.82, 2.24) is 5.32 Å². The van der Waals surface area contributed by atoms with E-state index in [1.165, 1.54) is 14.2 Å². The van der Waals surface area contributed by atoms with Gasteiger partial charge in [0.15, 0.2) is 12.3 Å². The number of methoxy groups -OCH3 is 3. The van der Waals surface area contributed by atoms with Gasteiger partial charge in [-0.15, -0.1) is 0 Å². The third-order valence-corrected chi connectivity index (χ3v) is 7.97. The number of hydrogen-bond acceptors (Lipinski definition) is 10. The molecule has 36 heavy (non-hydrogen) atoms. The molecule has 0 spiro atoms. The van der Waals surface area contributed by atoms with E-state index in [2.05, 4.69) is 11.9 Å². The summed E-state index contributed by atoms with van der Waals surface area (Å²) in [5.41, 5.74) is 0.342. The molecule has 0 unspecified atom stereocenters. The number of amides is 1. The van der Waals surface area contributed by atoms with E-state index >= 15 is 0 Å². The van der Waals surface area contributed by atoms with Gasteiger partial charge < -0.3 is 48.7 Å². The van der Waals surface area contributed by atoms with Crippen LogP contribution in [0.3, 0.4) is 0 Å². The Morgan fingerprint density at radius 2 is 1.92 bits per heavy atom. The van der Waals surface area contributed by atoms with Crippen molar-refractivity contribution in [3.05, 3.63) is 12.2 Å². The van der Waals surface area contributed by atoms with Crippen molar-refractivity contribution in [2.75, 3.05) is 34.7 Å². The normalized spacial score (nSPS) is 40.2. The van der Waals surface area contributed by atoms with Gasteiger partial charge in [-0.3, -0.25) is 4.79 Å². The van der Waals surface area contributed by atoms with Gasteiger partial charge in [0, 0.05) is 45.5 Å². The van der Waals surface area contributed by atoms with Gasteiger partial charge in [0.1, 0.15) is 19.0 Å². The van der Waals surface area contributed by atoms with Crippen LogP contribution in [0, 0.1) is 11.3 Å². The molecule has 0 radical (unpaired) electrons. The molecule has 0 aromatic heterocycles. The van der Waals surface area contributed by atoms with Crippen LogP contribution < -0.4 is 5.32 Å². The number of carbonyl (C=O) groups excluding carboxylic acids is 1. The number of fused-ring (bicyclic) bond motifs is 1. The van der Waals surface area contributed by atoms with E-state index in [0.717, 1.165) is 5.57 Å². The van der Waals surface area contributed by atoms with Crippen LogP contribution in [0.15, 0.2) is 12.2 Å². The summed E-state index contributed by atoms with van der Waals surface area (Å²) in [6, 6.07) is 0. The zero-order valence-electron chi connectivity index (χ0n) is 22.4. The predicted octanol–water partition coefficient (Wildman–Crippen LogP) is 0.712. The number of aliphatic hydroxyl groups excluding tert-OH is 2. The second-order valence-corrected chi connectivity index (χ2v) is 10.6. The maximum Gasteiger partial charge on any atom is 0.256 e. The number of rotatable bonds is 9. The fraction of sp³-hybridized carbons (Fsp3) is 0.880. The summed E-state index contributed by atoms with van der Waals surface area (Å²) in [7, 11) is 4.47. The van der Waals surface area contributed by atoms with Gasteiger partial charge in [-0.2, -0.15) is 0 Å². The second kappa shape index (κ2) is 11.7. The minimum Gasteiger partial charge on any atom is -0.394 e. The van der Waals surface area contributed by atoms with Crippen molar-refractivity contribution in [2.24, 2.45) is 11.3 Å². The summed E-state index contributed by atoms with van der Waals surface area (Å²) < 4.78 is 41.3. The highest BCUT2D eigenvalue weighted by molar-refractivity contribution is 5.82. The average molecular weight is 518 g/mol. The Morgan fingerprint density at radius 3 is 2.47 bits per heavy atom. The lowest BCUT2D eigenvalue weighted by molar-refractivity contribution is -0.333. The molecular formula is C25H43NO10. The predicted molar refractivity (Wildman–Crippen MR) is 128 cm³/mol. The number of ether oxygens (including phenoxy) is 7. The van der Waals surface area contributed by atoms with E-state index in [1.54, 1.807) is 7.11 Å². The molecule has 3 aliphatic heterocycles. The van der Waals surface area contributed by atoms with E-state index in [9.17, 15) is 15.0 Å². The highest BCUT2D eigenvalue weighted by Crippen LogP contribution is 2.44. The van der Waals surface area contributed by atoms with Crippen LogP contribution in [-0.4, -0.2) is 106 Å². The average Bonchev–Trinajstić information content (AvgIpc) is 2.83. The lowest BCUT2D eigenvalue weighted by Crippen LogP contribution is -2.69. The van der Waals surface area contributed by atoms with Crippen molar-refractivity contribution >= 4 is 5.91 Å². The smallest absolute Gasteiger partial charge is 0.256 e. The van der Waals surface area contributed by atoms with Crippen LogP contribution in [0.2, 0.25) is 0 Å². The summed E-state index contributed by atoms with van der Waals surface area (Å²) >= 11 is 0. The van der Waals surface area contributed by atoms with E-state index in [1.807, 2.05) is 27.7 Å². The Morgan fingerprint density at radius 1 is 1.22 bits per heavy atom. The van der Waals surface area contributed by atoms with Crippen LogP contribution in [0.4, 0.5) is 0 Å². The Labute approximate surface area is 213 Å². The fourth-order valence-electron chi connectivity index (χ4n) is 5.53. The number of aliphatic hydroxyl groups is 2. The summed E-state index contributed by atoms with van der Waals surface area (Å²) in [6.07, 6.45) is -4.97. The van der Waals surface area contributed by atoms with Crippen LogP contribution in [0.25, 0.3) is 0 Å². The van der Waals surface area contributed by atoms with Gasteiger partial charge in [0.25, 0.3) is 5.91 Å². The quantitative estimate of drug-likeness (QED) is 0.376. The van der Waals surface area contributed by atoms with Gasteiger partial charge in [0.05, 0.1) is 31.0 Å². The van der Waals surface area contributed by atoms with E-state index < -0.39 is 66.6 Å². The first-order valence-corrected chi connectivity index (χ1v) is 12.4. The topological polar surface area (TPSA) is 134 Å². The lowest BCUT2D eigenvalue weighted by atomic mass is 9.72. The molecular weight excluding hydrogens is 474 g/mol. The molecule has 3 heterocycles. The first kappa shape index (κ1) is 29.4. The largest absolute Gasteiger partial charge is 0.394 e. The Hall–Kier alpha value is -1.15. The highest BCUT2D eigenvalue weighted by Gasteiger charge is 2.57. The van der Waals surface area contributed by atoms with Gasteiger partial charge >= 0.3 is 0 Å². The Kier molecular flexibility index (Phi) is 9.57. The molecule has 0 aromatic rings. The summed E-state index contributed by atoms with van der Waals surface area (Å²) in [5.74, 6) is -1.76. The number of hydrogen-bond donors (Lipinski definition) is 3. The van der Waals surface area contributed by atoms with Crippen molar-refractivity contribution in [2.45, 2.75) is 95.3 Å². The molecule has 0 bridgehead atoms. The van der Waals surface area contributed by atoms with Gasteiger partial charge in [-0.05, 0) is 6.92 Å². The van der Waals surface area contributed by atoms with E-state index in [4.69, 9.17) is 33.2 Å². The Bertz CT molecular complexity index is 778. The highest BCUT2D eigenvalue weighted by atomic mass is 16.7. The van der Waals surface area contributed by atoms with E-state index in [-0.39, 0.29) is 25.2 Å². The summed E-state index contributed by atoms with van der Waals surface area (Å²) in [5, 5.41) is 22.4. The van der Waals surface area contributed by atoms with Crippen LogP contribution in [0.1, 0.15) is 40.5 Å². The minimum atomic E-state index is -1.36. The monoisotopic (exact) mass is 517 g/mol. The van der Waals surface area contributed by atoms with Crippen molar-refractivity contribution in [3.8, 4) is 0 Å². The van der Waals surface area contributed by atoms with Crippen LogP contribution >= 0.6 is 0 Å². The third kappa shape index (κ3) is 5.50. The molecule has 10 atom stereocenters. The molecule has 1 amide bonds. The molecule has 3 saturated heterocycles.